The summed E-state index contributed by atoms with van der Waals surface area (Å²) in [5.74, 6) is 1.54. The van der Waals surface area contributed by atoms with Crippen molar-refractivity contribution in [1.29, 1.82) is 0 Å². The molecule has 0 spiro atoms. The molecule has 0 saturated carbocycles. The van der Waals surface area contributed by atoms with Crippen molar-refractivity contribution < 1.29 is 9.47 Å². The Labute approximate surface area is 155 Å². The fourth-order valence-corrected chi connectivity index (χ4v) is 2.85. The van der Waals surface area contributed by atoms with Gasteiger partial charge in [0.15, 0.2) is 11.5 Å². The number of aryl methyl sites for hydroxylation is 2. The number of ether oxygens (including phenoxy) is 2. The summed E-state index contributed by atoms with van der Waals surface area (Å²) in [4.78, 5) is 0. The normalized spacial score (nSPS) is 10.4. The number of benzene rings is 3. The standard InChI is InChI=1S/C23H25NO2/c1-17-10-12-21(13-11-17)24-15-20-8-5-9-22(25-3)23(20)26-16-19-7-4-6-18(2)14-19/h4-14,24H,15-16H2,1-3H3. The van der Waals surface area contributed by atoms with Crippen LogP contribution in [0.1, 0.15) is 22.3 Å². The second kappa shape index (κ2) is 8.43. The number of hydrogen-bond acceptors (Lipinski definition) is 3. The first-order valence-electron chi connectivity index (χ1n) is 8.80. The monoisotopic (exact) mass is 347 g/mol. The van der Waals surface area contributed by atoms with Crippen molar-refractivity contribution >= 4 is 5.69 Å². The van der Waals surface area contributed by atoms with Gasteiger partial charge in [0.05, 0.1) is 7.11 Å². The van der Waals surface area contributed by atoms with Gasteiger partial charge in [-0.2, -0.15) is 0 Å². The fraction of sp³-hybridized carbons (Fsp3) is 0.217. The smallest absolute Gasteiger partial charge is 0.166 e. The highest BCUT2D eigenvalue weighted by Crippen LogP contribution is 2.32. The first kappa shape index (κ1) is 17.9. The summed E-state index contributed by atoms with van der Waals surface area (Å²) in [6.45, 7) is 5.36. The van der Waals surface area contributed by atoms with Crippen LogP contribution in [0.2, 0.25) is 0 Å². The van der Waals surface area contributed by atoms with E-state index < -0.39 is 0 Å². The van der Waals surface area contributed by atoms with E-state index in [1.54, 1.807) is 7.11 Å². The van der Waals surface area contributed by atoms with Crippen molar-refractivity contribution in [2.75, 3.05) is 12.4 Å². The number of methoxy groups -OCH3 is 1. The Morgan fingerprint density at radius 2 is 1.62 bits per heavy atom. The van der Waals surface area contributed by atoms with Gasteiger partial charge in [0.1, 0.15) is 6.61 Å². The summed E-state index contributed by atoms with van der Waals surface area (Å²) in [5.41, 5.74) is 5.78. The number of rotatable bonds is 7. The maximum Gasteiger partial charge on any atom is 0.166 e. The molecule has 0 heterocycles. The van der Waals surface area contributed by atoms with E-state index in [1.165, 1.54) is 11.1 Å². The van der Waals surface area contributed by atoms with Gasteiger partial charge in [0, 0.05) is 17.8 Å². The lowest BCUT2D eigenvalue weighted by atomic mass is 10.1. The van der Waals surface area contributed by atoms with Gasteiger partial charge in [0.25, 0.3) is 0 Å². The van der Waals surface area contributed by atoms with Gasteiger partial charge in [-0.25, -0.2) is 0 Å². The first-order chi connectivity index (χ1) is 12.7. The number of anilines is 1. The highest BCUT2D eigenvalue weighted by atomic mass is 16.5. The first-order valence-corrected chi connectivity index (χ1v) is 8.80. The third-order valence-electron chi connectivity index (χ3n) is 4.28. The largest absolute Gasteiger partial charge is 0.493 e. The molecule has 0 atom stereocenters. The SMILES string of the molecule is COc1cccc(CNc2ccc(C)cc2)c1OCc1cccc(C)c1. The molecule has 26 heavy (non-hydrogen) atoms. The van der Waals surface area contributed by atoms with E-state index in [-0.39, 0.29) is 0 Å². The molecule has 0 aliphatic rings. The van der Waals surface area contributed by atoms with Crippen LogP contribution < -0.4 is 14.8 Å². The summed E-state index contributed by atoms with van der Waals surface area (Å²) in [5, 5.41) is 3.45. The third kappa shape index (κ3) is 4.57. The summed E-state index contributed by atoms with van der Waals surface area (Å²) in [6, 6.07) is 22.7. The van der Waals surface area contributed by atoms with Crippen molar-refractivity contribution in [3.8, 4) is 11.5 Å². The van der Waals surface area contributed by atoms with Crippen LogP contribution in [0, 0.1) is 13.8 Å². The lowest BCUT2D eigenvalue weighted by Gasteiger charge is -2.16. The minimum absolute atomic E-state index is 0.513. The molecule has 0 saturated heterocycles. The van der Waals surface area contributed by atoms with E-state index in [0.717, 1.165) is 28.3 Å². The molecule has 0 aromatic heterocycles. The van der Waals surface area contributed by atoms with Crippen molar-refractivity contribution in [1.82, 2.24) is 0 Å². The molecule has 1 N–H and O–H groups in total. The van der Waals surface area contributed by atoms with E-state index in [9.17, 15) is 0 Å². The van der Waals surface area contributed by atoms with Crippen molar-refractivity contribution in [3.63, 3.8) is 0 Å². The van der Waals surface area contributed by atoms with Gasteiger partial charge in [0.2, 0.25) is 0 Å². The molecular formula is C23H25NO2. The minimum atomic E-state index is 0.513. The van der Waals surface area contributed by atoms with Crippen LogP contribution in [0.15, 0.2) is 66.7 Å². The summed E-state index contributed by atoms with van der Waals surface area (Å²) in [7, 11) is 1.67. The van der Waals surface area contributed by atoms with E-state index in [2.05, 4.69) is 73.8 Å². The molecule has 3 aromatic rings. The summed E-state index contributed by atoms with van der Waals surface area (Å²) >= 11 is 0. The zero-order valence-electron chi connectivity index (χ0n) is 15.6. The predicted octanol–water partition coefficient (Wildman–Crippen LogP) is 5.50. The third-order valence-corrected chi connectivity index (χ3v) is 4.28. The quantitative estimate of drug-likeness (QED) is 0.612. The zero-order valence-corrected chi connectivity index (χ0v) is 15.6. The van der Waals surface area contributed by atoms with Crippen LogP contribution in [-0.2, 0) is 13.2 Å². The second-order valence-electron chi connectivity index (χ2n) is 6.45. The molecule has 0 bridgehead atoms. The highest BCUT2D eigenvalue weighted by molar-refractivity contribution is 5.50. The van der Waals surface area contributed by atoms with Gasteiger partial charge in [-0.1, -0.05) is 59.7 Å². The fourth-order valence-electron chi connectivity index (χ4n) is 2.85. The predicted molar refractivity (Wildman–Crippen MR) is 107 cm³/mol. The minimum Gasteiger partial charge on any atom is -0.493 e. The van der Waals surface area contributed by atoms with Crippen LogP contribution in [-0.4, -0.2) is 7.11 Å². The Kier molecular flexibility index (Phi) is 5.80. The molecular weight excluding hydrogens is 322 g/mol. The lowest BCUT2D eigenvalue weighted by Crippen LogP contribution is -2.05. The van der Waals surface area contributed by atoms with E-state index in [1.807, 2.05) is 12.1 Å². The second-order valence-corrected chi connectivity index (χ2v) is 6.45. The number of hydrogen-bond donors (Lipinski definition) is 1. The van der Waals surface area contributed by atoms with Crippen molar-refractivity contribution in [3.05, 3.63) is 89.0 Å². The highest BCUT2D eigenvalue weighted by Gasteiger charge is 2.11. The number of nitrogens with one attached hydrogen (secondary N) is 1. The lowest BCUT2D eigenvalue weighted by molar-refractivity contribution is 0.281. The molecule has 0 radical (unpaired) electrons. The van der Waals surface area contributed by atoms with Crippen LogP contribution in [0.4, 0.5) is 5.69 Å². The van der Waals surface area contributed by atoms with Gasteiger partial charge in [-0.15, -0.1) is 0 Å². The molecule has 0 fully saturated rings. The van der Waals surface area contributed by atoms with Crippen molar-refractivity contribution in [2.45, 2.75) is 27.0 Å². The molecule has 3 rings (SSSR count). The van der Waals surface area contributed by atoms with E-state index in [4.69, 9.17) is 9.47 Å². The van der Waals surface area contributed by atoms with E-state index in [0.29, 0.717) is 13.2 Å². The molecule has 0 aliphatic heterocycles. The average Bonchev–Trinajstić information content (AvgIpc) is 2.66. The van der Waals surface area contributed by atoms with Crippen LogP contribution >= 0.6 is 0 Å². The zero-order chi connectivity index (χ0) is 18.4. The maximum absolute atomic E-state index is 6.14. The van der Waals surface area contributed by atoms with Gasteiger partial charge in [-0.3, -0.25) is 0 Å². The molecule has 0 aliphatic carbocycles. The molecule has 0 amide bonds. The molecule has 3 aromatic carbocycles. The molecule has 134 valence electrons. The maximum atomic E-state index is 6.14. The van der Waals surface area contributed by atoms with Gasteiger partial charge in [-0.05, 0) is 37.6 Å². The summed E-state index contributed by atoms with van der Waals surface area (Å²) in [6.07, 6.45) is 0. The van der Waals surface area contributed by atoms with Crippen LogP contribution in [0.5, 0.6) is 11.5 Å². The van der Waals surface area contributed by atoms with Crippen molar-refractivity contribution in [2.24, 2.45) is 0 Å². The average molecular weight is 347 g/mol. The number of para-hydroxylation sites is 1. The topological polar surface area (TPSA) is 30.5 Å². The Balaban J connectivity index is 1.75. The molecule has 0 unspecified atom stereocenters. The Morgan fingerprint density at radius 1 is 0.846 bits per heavy atom. The Morgan fingerprint density at radius 3 is 2.35 bits per heavy atom. The molecule has 3 heteroatoms. The Bertz CT molecular complexity index is 856. The van der Waals surface area contributed by atoms with Crippen LogP contribution in [0.3, 0.4) is 0 Å². The molecule has 3 nitrogen and oxygen atoms in total. The van der Waals surface area contributed by atoms with E-state index >= 15 is 0 Å². The van der Waals surface area contributed by atoms with Gasteiger partial charge < -0.3 is 14.8 Å². The van der Waals surface area contributed by atoms with Gasteiger partial charge >= 0.3 is 0 Å². The summed E-state index contributed by atoms with van der Waals surface area (Å²) < 4.78 is 11.7. The van der Waals surface area contributed by atoms with Crippen LogP contribution in [0.25, 0.3) is 0 Å². The Hall–Kier alpha value is -2.94.